The molecule has 3 nitrogen and oxygen atoms in total. The second kappa shape index (κ2) is 5.99. The molecule has 0 heterocycles. The summed E-state index contributed by atoms with van der Waals surface area (Å²) in [5, 5.41) is 0.832. The zero-order valence-electron chi connectivity index (χ0n) is 8.93. The van der Waals surface area contributed by atoms with Crippen molar-refractivity contribution in [2.75, 3.05) is 13.7 Å². The lowest BCUT2D eigenvalue weighted by molar-refractivity contribution is 0.324. The Labute approximate surface area is 105 Å². The van der Waals surface area contributed by atoms with Crippen LogP contribution in [0.5, 0.6) is 11.5 Å². The van der Waals surface area contributed by atoms with Gasteiger partial charge in [-0.1, -0.05) is 29.8 Å². The summed E-state index contributed by atoms with van der Waals surface area (Å²) in [6.07, 6.45) is 0. The quantitative estimate of drug-likeness (QED) is 0.887. The van der Waals surface area contributed by atoms with E-state index in [-0.39, 0.29) is 6.61 Å². The monoisotopic (exact) mass is 261 g/mol. The van der Waals surface area contributed by atoms with E-state index in [2.05, 4.69) is 6.58 Å². The minimum Gasteiger partial charge on any atom is -0.493 e. The van der Waals surface area contributed by atoms with Crippen LogP contribution < -0.4 is 15.2 Å². The lowest BCUT2D eigenvalue weighted by Crippen LogP contribution is -2.02. The first-order valence-electron chi connectivity index (χ1n) is 4.61. The van der Waals surface area contributed by atoms with Crippen LogP contribution >= 0.6 is 23.2 Å². The molecule has 5 heteroatoms. The number of ether oxygens (including phenoxy) is 2. The molecule has 1 rings (SSSR count). The van der Waals surface area contributed by atoms with Crippen LogP contribution in [0.4, 0.5) is 0 Å². The van der Waals surface area contributed by atoms with Gasteiger partial charge in [-0.25, -0.2) is 0 Å². The molecular weight excluding hydrogens is 249 g/mol. The second-order valence-electron chi connectivity index (χ2n) is 3.12. The van der Waals surface area contributed by atoms with Crippen LogP contribution in [0.2, 0.25) is 5.02 Å². The highest BCUT2D eigenvalue weighted by Gasteiger charge is 2.11. The van der Waals surface area contributed by atoms with Crippen LogP contribution in [-0.2, 0) is 6.54 Å². The highest BCUT2D eigenvalue weighted by molar-refractivity contribution is 6.32. The lowest BCUT2D eigenvalue weighted by atomic mass is 10.2. The number of hydrogen-bond acceptors (Lipinski definition) is 3. The van der Waals surface area contributed by atoms with Crippen LogP contribution in [0.1, 0.15) is 5.56 Å². The van der Waals surface area contributed by atoms with E-state index in [4.69, 9.17) is 38.4 Å². The van der Waals surface area contributed by atoms with E-state index in [0.717, 1.165) is 5.56 Å². The molecule has 0 aliphatic heterocycles. The van der Waals surface area contributed by atoms with Crippen molar-refractivity contribution in [1.82, 2.24) is 0 Å². The van der Waals surface area contributed by atoms with Gasteiger partial charge in [0, 0.05) is 11.6 Å². The third-order valence-electron chi connectivity index (χ3n) is 1.90. The Morgan fingerprint density at radius 3 is 2.69 bits per heavy atom. The van der Waals surface area contributed by atoms with Crippen LogP contribution in [0.15, 0.2) is 23.7 Å². The predicted molar refractivity (Wildman–Crippen MR) is 66.4 cm³/mol. The highest BCUT2D eigenvalue weighted by atomic mass is 35.5. The molecule has 88 valence electrons. The van der Waals surface area contributed by atoms with Crippen molar-refractivity contribution in [3.05, 3.63) is 34.3 Å². The van der Waals surface area contributed by atoms with E-state index >= 15 is 0 Å². The van der Waals surface area contributed by atoms with Crippen molar-refractivity contribution >= 4 is 23.2 Å². The molecule has 0 amide bonds. The van der Waals surface area contributed by atoms with Gasteiger partial charge < -0.3 is 15.2 Å². The second-order valence-corrected chi connectivity index (χ2v) is 4.06. The fourth-order valence-electron chi connectivity index (χ4n) is 1.18. The Bertz CT molecular complexity index is 394. The molecule has 0 aromatic heterocycles. The maximum Gasteiger partial charge on any atom is 0.180 e. The Kier molecular flexibility index (Phi) is 4.93. The molecule has 0 saturated carbocycles. The number of benzene rings is 1. The van der Waals surface area contributed by atoms with E-state index in [1.54, 1.807) is 12.1 Å². The van der Waals surface area contributed by atoms with Crippen molar-refractivity contribution in [2.45, 2.75) is 6.54 Å². The van der Waals surface area contributed by atoms with Gasteiger partial charge in [-0.2, -0.15) is 0 Å². The fraction of sp³-hybridized carbons (Fsp3) is 0.273. The molecule has 2 N–H and O–H groups in total. The highest BCUT2D eigenvalue weighted by Crippen LogP contribution is 2.36. The van der Waals surface area contributed by atoms with Crippen molar-refractivity contribution in [1.29, 1.82) is 0 Å². The number of rotatable bonds is 5. The molecule has 0 aliphatic rings. The van der Waals surface area contributed by atoms with E-state index in [1.807, 2.05) is 0 Å². The van der Waals surface area contributed by atoms with E-state index in [0.29, 0.717) is 28.1 Å². The van der Waals surface area contributed by atoms with Gasteiger partial charge in [0.05, 0.1) is 12.1 Å². The maximum absolute atomic E-state index is 6.04. The summed E-state index contributed by atoms with van der Waals surface area (Å²) in [5.41, 5.74) is 6.40. The van der Waals surface area contributed by atoms with Crippen molar-refractivity contribution < 1.29 is 9.47 Å². The predicted octanol–water partition coefficient (Wildman–Crippen LogP) is 2.94. The standard InChI is InChI=1S/C11H13Cl2NO2/c1-7(12)6-16-11-9(13)3-8(5-14)4-10(11)15-2/h3-4H,1,5-6,14H2,2H3. The summed E-state index contributed by atoms with van der Waals surface area (Å²) in [5.74, 6) is 0.981. The van der Waals surface area contributed by atoms with E-state index in [9.17, 15) is 0 Å². The first-order valence-corrected chi connectivity index (χ1v) is 5.36. The first-order chi connectivity index (χ1) is 7.58. The number of halogens is 2. The summed E-state index contributed by atoms with van der Waals surface area (Å²) >= 11 is 11.7. The Balaban J connectivity index is 3.01. The molecule has 0 unspecified atom stereocenters. The smallest absolute Gasteiger partial charge is 0.180 e. The number of methoxy groups -OCH3 is 1. The molecule has 0 radical (unpaired) electrons. The van der Waals surface area contributed by atoms with E-state index in [1.165, 1.54) is 7.11 Å². The van der Waals surface area contributed by atoms with Crippen LogP contribution in [0.3, 0.4) is 0 Å². The summed E-state index contributed by atoms with van der Waals surface area (Å²) < 4.78 is 10.6. The average molecular weight is 262 g/mol. The Morgan fingerprint density at radius 2 is 2.19 bits per heavy atom. The molecule has 0 bridgehead atoms. The molecule has 0 spiro atoms. The fourth-order valence-corrected chi connectivity index (χ4v) is 1.52. The van der Waals surface area contributed by atoms with Crippen molar-refractivity contribution in [2.24, 2.45) is 5.73 Å². The molecule has 0 saturated heterocycles. The largest absolute Gasteiger partial charge is 0.493 e. The molecule has 1 aromatic rings. The molecule has 0 aliphatic carbocycles. The van der Waals surface area contributed by atoms with Crippen LogP contribution in [0, 0.1) is 0 Å². The van der Waals surface area contributed by atoms with Crippen molar-refractivity contribution in [3.8, 4) is 11.5 Å². The third-order valence-corrected chi connectivity index (χ3v) is 2.29. The zero-order chi connectivity index (χ0) is 12.1. The van der Waals surface area contributed by atoms with Gasteiger partial charge in [0.15, 0.2) is 11.5 Å². The van der Waals surface area contributed by atoms with Gasteiger partial charge in [0.1, 0.15) is 6.61 Å². The Hall–Kier alpha value is -0.900. The SMILES string of the molecule is C=C(Cl)COc1c(Cl)cc(CN)cc1OC. The van der Waals surface area contributed by atoms with Crippen LogP contribution in [0.25, 0.3) is 0 Å². The molecule has 0 fully saturated rings. The number of nitrogens with two attached hydrogens (primary N) is 1. The van der Waals surface area contributed by atoms with Gasteiger partial charge in [-0.3, -0.25) is 0 Å². The number of hydrogen-bond donors (Lipinski definition) is 1. The normalized spacial score (nSPS) is 10.0. The molecule has 1 aromatic carbocycles. The van der Waals surface area contributed by atoms with E-state index < -0.39 is 0 Å². The maximum atomic E-state index is 6.04. The van der Waals surface area contributed by atoms with Crippen LogP contribution in [-0.4, -0.2) is 13.7 Å². The van der Waals surface area contributed by atoms with Crippen molar-refractivity contribution in [3.63, 3.8) is 0 Å². The topological polar surface area (TPSA) is 44.5 Å². The van der Waals surface area contributed by atoms with Gasteiger partial charge in [-0.15, -0.1) is 0 Å². The Morgan fingerprint density at radius 1 is 1.50 bits per heavy atom. The minimum absolute atomic E-state index is 0.180. The molecule has 0 atom stereocenters. The molecular formula is C11H13Cl2NO2. The zero-order valence-corrected chi connectivity index (χ0v) is 10.4. The minimum atomic E-state index is 0.180. The van der Waals surface area contributed by atoms with Gasteiger partial charge in [-0.05, 0) is 17.7 Å². The summed E-state index contributed by atoms with van der Waals surface area (Å²) in [6, 6.07) is 3.51. The third kappa shape index (κ3) is 3.30. The van der Waals surface area contributed by atoms with Gasteiger partial charge >= 0.3 is 0 Å². The molecule has 16 heavy (non-hydrogen) atoms. The lowest BCUT2D eigenvalue weighted by Gasteiger charge is -2.13. The average Bonchev–Trinajstić information content (AvgIpc) is 2.26. The first kappa shape index (κ1) is 13.2. The van der Waals surface area contributed by atoms with Gasteiger partial charge in [0.25, 0.3) is 0 Å². The summed E-state index contributed by atoms with van der Waals surface area (Å²) in [4.78, 5) is 0. The van der Waals surface area contributed by atoms with Gasteiger partial charge in [0.2, 0.25) is 0 Å². The summed E-state index contributed by atoms with van der Waals surface area (Å²) in [7, 11) is 1.54. The summed E-state index contributed by atoms with van der Waals surface area (Å²) in [6.45, 7) is 4.09.